The maximum atomic E-state index is 12.4. The Morgan fingerprint density at radius 3 is 1.65 bits per heavy atom. The Labute approximate surface area is 158 Å². The third kappa shape index (κ3) is 3.54. The van der Waals surface area contributed by atoms with Crippen LogP contribution in [0.1, 0.15) is 16.7 Å². The second-order valence-corrected chi connectivity index (χ2v) is 7.30. The molecular weight excluding hydrogens is 340 g/mol. The topological polar surface area (TPSA) is 37.3 Å². The fourth-order valence-corrected chi connectivity index (χ4v) is 4.79. The molecule has 0 bridgehead atoms. The molecule has 3 aromatic rings. The van der Waals surface area contributed by atoms with E-state index in [1.54, 1.807) is 11.8 Å². The normalized spacial score (nSPS) is 12.5. The van der Waals surface area contributed by atoms with Crippen LogP contribution in [0.15, 0.2) is 91.0 Å². The minimum atomic E-state index is -0.782. The summed E-state index contributed by atoms with van der Waals surface area (Å²) in [6.07, 6.45) is 2.47. The Kier molecular flexibility index (Phi) is 5.79. The SMILES string of the molecule is CSC(c1ccccc1)(c1ccccc1)C(Cc1ccccc1)C(=O)O. The molecule has 0 aliphatic heterocycles. The summed E-state index contributed by atoms with van der Waals surface area (Å²) in [5, 5.41) is 10.2. The molecule has 1 unspecified atom stereocenters. The zero-order chi connectivity index (χ0) is 18.4. The van der Waals surface area contributed by atoms with Crippen molar-refractivity contribution < 1.29 is 9.90 Å². The molecule has 0 saturated heterocycles. The van der Waals surface area contributed by atoms with Gasteiger partial charge in [0.15, 0.2) is 0 Å². The van der Waals surface area contributed by atoms with Crippen molar-refractivity contribution in [2.75, 3.05) is 6.26 Å². The van der Waals surface area contributed by atoms with Crippen LogP contribution in [-0.2, 0) is 16.0 Å². The van der Waals surface area contributed by atoms with E-state index in [9.17, 15) is 9.90 Å². The predicted molar refractivity (Wildman–Crippen MR) is 108 cm³/mol. The lowest BCUT2D eigenvalue weighted by atomic mass is 9.76. The molecule has 0 aliphatic rings. The van der Waals surface area contributed by atoms with Crippen LogP contribution in [0.25, 0.3) is 0 Å². The van der Waals surface area contributed by atoms with E-state index < -0.39 is 16.6 Å². The molecule has 0 aliphatic carbocycles. The van der Waals surface area contributed by atoms with E-state index in [0.29, 0.717) is 6.42 Å². The van der Waals surface area contributed by atoms with Gasteiger partial charge in [-0.1, -0.05) is 91.0 Å². The molecule has 2 nitrogen and oxygen atoms in total. The molecule has 1 N–H and O–H groups in total. The summed E-state index contributed by atoms with van der Waals surface area (Å²) in [5.41, 5.74) is 3.06. The fraction of sp³-hybridized carbons (Fsp3) is 0.174. The monoisotopic (exact) mass is 362 g/mol. The van der Waals surface area contributed by atoms with Crippen molar-refractivity contribution >= 4 is 17.7 Å². The number of benzene rings is 3. The lowest BCUT2D eigenvalue weighted by Crippen LogP contribution is -2.39. The van der Waals surface area contributed by atoms with Gasteiger partial charge in [-0.3, -0.25) is 4.79 Å². The van der Waals surface area contributed by atoms with Crippen molar-refractivity contribution in [2.45, 2.75) is 11.2 Å². The molecule has 0 spiro atoms. The van der Waals surface area contributed by atoms with E-state index in [1.807, 2.05) is 97.3 Å². The van der Waals surface area contributed by atoms with Crippen molar-refractivity contribution in [1.29, 1.82) is 0 Å². The van der Waals surface area contributed by atoms with Crippen LogP contribution in [0.5, 0.6) is 0 Å². The number of thioether (sulfide) groups is 1. The Morgan fingerprint density at radius 1 is 0.846 bits per heavy atom. The summed E-state index contributed by atoms with van der Waals surface area (Å²) < 4.78 is -0.663. The number of hydrogen-bond acceptors (Lipinski definition) is 2. The molecule has 0 heterocycles. The van der Waals surface area contributed by atoms with Gasteiger partial charge < -0.3 is 5.11 Å². The van der Waals surface area contributed by atoms with E-state index in [0.717, 1.165) is 16.7 Å². The second kappa shape index (κ2) is 8.24. The smallest absolute Gasteiger partial charge is 0.308 e. The fourth-order valence-electron chi connectivity index (χ4n) is 3.57. The van der Waals surface area contributed by atoms with E-state index in [-0.39, 0.29) is 0 Å². The average molecular weight is 362 g/mol. The third-order valence-electron chi connectivity index (χ3n) is 4.80. The number of carboxylic acids is 1. The van der Waals surface area contributed by atoms with Gasteiger partial charge in [0, 0.05) is 0 Å². The van der Waals surface area contributed by atoms with Gasteiger partial charge in [0.05, 0.1) is 10.7 Å². The third-order valence-corrected chi connectivity index (χ3v) is 6.20. The largest absolute Gasteiger partial charge is 0.481 e. The highest BCUT2D eigenvalue weighted by Gasteiger charge is 2.45. The Morgan fingerprint density at radius 2 is 1.27 bits per heavy atom. The van der Waals surface area contributed by atoms with Gasteiger partial charge in [0.2, 0.25) is 0 Å². The first-order valence-corrected chi connectivity index (χ1v) is 9.84. The standard InChI is InChI=1S/C23H22O2S/c1-26-23(19-13-7-3-8-14-19,20-15-9-4-10-16-20)21(22(24)25)17-18-11-5-2-6-12-18/h2-16,21H,17H2,1H3,(H,24,25). The lowest BCUT2D eigenvalue weighted by molar-refractivity contribution is -0.142. The average Bonchev–Trinajstić information content (AvgIpc) is 2.70. The molecule has 3 rings (SSSR count). The van der Waals surface area contributed by atoms with Crippen LogP contribution in [0, 0.1) is 5.92 Å². The first-order valence-electron chi connectivity index (χ1n) is 8.61. The maximum Gasteiger partial charge on any atom is 0.308 e. The van der Waals surface area contributed by atoms with Gasteiger partial charge in [-0.2, -0.15) is 0 Å². The zero-order valence-electron chi connectivity index (χ0n) is 14.7. The summed E-state index contributed by atoms with van der Waals surface area (Å²) in [7, 11) is 0. The highest BCUT2D eigenvalue weighted by Crippen LogP contribution is 2.48. The van der Waals surface area contributed by atoms with Crippen molar-refractivity contribution in [3.05, 3.63) is 108 Å². The second-order valence-electron chi connectivity index (χ2n) is 6.25. The Balaban J connectivity index is 2.19. The molecule has 3 aromatic carbocycles. The van der Waals surface area contributed by atoms with Crippen molar-refractivity contribution in [1.82, 2.24) is 0 Å². The number of carboxylic acid groups (broad SMARTS) is 1. The highest BCUT2D eigenvalue weighted by atomic mass is 32.2. The van der Waals surface area contributed by atoms with Gasteiger partial charge >= 0.3 is 5.97 Å². The lowest BCUT2D eigenvalue weighted by Gasteiger charge is -2.38. The van der Waals surface area contributed by atoms with Crippen LogP contribution in [0.4, 0.5) is 0 Å². The summed E-state index contributed by atoms with van der Waals surface area (Å²) >= 11 is 1.60. The number of aliphatic carboxylic acids is 1. The molecule has 3 heteroatoms. The minimum absolute atomic E-state index is 0.473. The Hall–Kier alpha value is -2.52. The molecule has 0 fully saturated rings. The predicted octanol–water partition coefficient (Wildman–Crippen LogP) is 5.24. The van der Waals surface area contributed by atoms with Gasteiger partial charge in [-0.15, -0.1) is 11.8 Å². The molecule has 26 heavy (non-hydrogen) atoms. The summed E-state index contributed by atoms with van der Waals surface area (Å²) in [6.45, 7) is 0. The quantitative estimate of drug-likeness (QED) is 0.625. The van der Waals surface area contributed by atoms with Crippen LogP contribution < -0.4 is 0 Å². The van der Waals surface area contributed by atoms with E-state index in [4.69, 9.17) is 0 Å². The molecule has 0 saturated carbocycles. The van der Waals surface area contributed by atoms with Crippen LogP contribution in [-0.4, -0.2) is 17.3 Å². The van der Waals surface area contributed by atoms with Crippen molar-refractivity contribution in [2.24, 2.45) is 5.92 Å². The molecule has 132 valence electrons. The maximum absolute atomic E-state index is 12.4. The summed E-state index contributed by atoms with van der Waals surface area (Å²) in [5.74, 6) is -1.37. The van der Waals surface area contributed by atoms with Gasteiger partial charge in [-0.05, 0) is 29.4 Å². The molecule has 1 atom stereocenters. The summed E-state index contributed by atoms with van der Waals surface area (Å²) in [4.78, 5) is 12.4. The molecule has 0 amide bonds. The van der Waals surface area contributed by atoms with E-state index in [1.165, 1.54) is 0 Å². The number of hydrogen-bond donors (Lipinski definition) is 1. The van der Waals surface area contributed by atoms with E-state index in [2.05, 4.69) is 0 Å². The van der Waals surface area contributed by atoms with Gasteiger partial charge in [0.1, 0.15) is 0 Å². The van der Waals surface area contributed by atoms with Crippen LogP contribution >= 0.6 is 11.8 Å². The van der Waals surface area contributed by atoms with E-state index >= 15 is 0 Å². The zero-order valence-corrected chi connectivity index (χ0v) is 15.5. The van der Waals surface area contributed by atoms with Crippen LogP contribution in [0.2, 0.25) is 0 Å². The highest BCUT2D eigenvalue weighted by molar-refractivity contribution is 7.99. The first-order chi connectivity index (χ1) is 12.7. The first kappa shape index (κ1) is 18.3. The van der Waals surface area contributed by atoms with Crippen LogP contribution in [0.3, 0.4) is 0 Å². The number of carbonyl (C=O) groups is 1. The van der Waals surface area contributed by atoms with Gasteiger partial charge in [0.25, 0.3) is 0 Å². The number of rotatable bonds is 7. The van der Waals surface area contributed by atoms with Crippen molar-refractivity contribution in [3.63, 3.8) is 0 Å². The Bertz CT molecular complexity index is 792. The van der Waals surface area contributed by atoms with Gasteiger partial charge in [-0.25, -0.2) is 0 Å². The minimum Gasteiger partial charge on any atom is -0.481 e. The summed E-state index contributed by atoms with van der Waals surface area (Å²) in [6, 6.07) is 29.8. The van der Waals surface area contributed by atoms with Crippen molar-refractivity contribution in [3.8, 4) is 0 Å². The molecular formula is C23H22O2S. The molecule has 0 aromatic heterocycles. The molecule has 0 radical (unpaired) electrons.